The number of carboxylic acid groups (broad SMARTS) is 1. The first-order chi connectivity index (χ1) is 13.1. The van der Waals surface area contributed by atoms with Crippen molar-refractivity contribution in [3.8, 4) is 23.3 Å². The Morgan fingerprint density at radius 3 is 2.22 bits per heavy atom. The van der Waals surface area contributed by atoms with Crippen molar-refractivity contribution in [2.24, 2.45) is 0 Å². The molecule has 0 aliphatic rings. The molecule has 0 amide bonds. The molecule has 27 heavy (non-hydrogen) atoms. The van der Waals surface area contributed by atoms with Gasteiger partial charge in [-0.25, -0.2) is 4.79 Å². The van der Waals surface area contributed by atoms with Gasteiger partial charge < -0.3 is 19.3 Å². The number of aromatic nitrogens is 2. The molecule has 0 radical (unpaired) electrons. The summed E-state index contributed by atoms with van der Waals surface area (Å²) >= 11 is 1.08. The highest BCUT2D eigenvalue weighted by molar-refractivity contribution is 7.99. The van der Waals surface area contributed by atoms with Crippen LogP contribution in [0, 0.1) is 0 Å². The van der Waals surface area contributed by atoms with Crippen molar-refractivity contribution >= 4 is 17.7 Å². The fraction of sp³-hybridized carbons (Fsp3) is 0.105. The van der Waals surface area contributed by atoms with E-state index < -0.39 is 5.97 Å². The highest BCUT2D eigenvalue weighted by Crippen LogP contribution is 2.36. The minimum Gasteiger partial charge on any atom is -0.481 e. The molecule has 0 atom stereocenters. The van der Waals surface area contributed by atoms with Crippen LogP contribution in [0.4, 0.5) is 0 Å². The first kappa shape index (κ1) is 18.5. The summed E-state index contributed by atoms with van der Waals surface area (Å²) in [5.74, 6) is 0.296. The van der Waals surface area contributed by atoms with Crippen LogP contribution in [0.1, 0.15) is 10.4 Å². The number of nitrogens with zero attached hydrogens (tertiary/aromatic N) is 2. The van der Waals surface area contributed by atoms with Crippen LogP contribution in [0.5, 0.6) is 23.3 Å². The van der Waals surface area contributed by atoms with Crippen molar-refractivity contribution in [3.63, 3.8) is 0 Å². The molecule has 1 aromatic heterocycles. The van der Waals surface area contributed by atoms with Crippen molar-refractivity contribution in [1.82, 2.24) is 9.97 Å². The Labute approximate surface area is 159 Å². The number of aromatic carboxylic acids is 1. The summed E-state index contributed by atoms with van der Waals surface area (Å²) in [7, 11) is 2.96. The van der Waals surface area contributed by atoms with E-state index in [1.165, 1.54) is 20.3 Å². The topological polar surface area (TPSA) is 90.8 Å². The smallest absolute Gasteiger partial charge is 0.340 e. The number of benzene rings is 2. The van der Waals surface area contributed by atoms with Crippen LogP contribution >= 0.6 is 11.8 Å². The SMILES string of the molecule is COc1cc(OC)nc(Sc2cccc(Oc3ccccc3)c2C(=O)O)n1. The van der Waals surface area contributed by atoms with E-state index in [1.54, 1.807) is 30.3 Å². The summed E-state index contributed by atoms with van der Waals surface area (Å²) in [5, 5.41) is 10.0. The van der Waals surface area contributed by atoms with Gasteiger partial charge in [-0.3, -0.25) is 0 Å². The second-order valence-electron chi connectivity index (χ2n) is 5.19. The van der Waals surface area contributed by atoms with Gasteiger partial charge >= 0.3 is 5.97 Å². The molecular formula is C19H16N2O5S. The molecule has 0 aliphatic carbocycles. The van der Waals surface area contributed by atoms with Gasteiger partial charge in [-0.1, -0.05) is 24.3 Å². The van der Waals surface area contributed by atoms with E-state index in [-0.39, 0.29) is 11.3 Å². The lowest BCUT2D eigenvalue weighted by atomic mass is 10.2. The number of rotatable bonds is 7. The maximum Gasteiger partial charge on any atom is 0.340 e. The lowest BCUT2D eigenvalue weighted by Gasteiger charge is -2.12. The van der Waals surface area contributed by atoms with Crippen LogP contribution in [-0.2, 0) is 0 Å². The standard InChI is InChI=1S/C19H16N2O5S/c1-24-15-11-16(25-2)21-19(20-15)27-14-10-6-9-13(17(14)18(22)23)26-12-7-4-3-5-8-12/h3-11H,1-2H3,(H,22,23). The molecule has 8 heteroatoms. The van der Waals surface area contributed by atoms with Gasteiger partial charge in [-0.2, -0.15) is 9.97 Å². The van der Waals surface area contributed by atoms with Gasteiger partial charge in [0.1, 0.15) is 17.1 Å². The zero-order valence-corrected chi connectivity index (χ0v) is 15.4. The van der Waals surface area contributed by atoms with E-state index in [4.69, 9.17) is 14.2 Å². The maximum atomic E-state index is 11.9. The molecule has 2 aromatic carbocycles. The third-order valence-electron chi connectivity index (χ3n) is 3.45. The fourth-order valence-electron chi connectivity index (χ4n) is 2.24. The Bertz CT molecular complexity index is 928. The Kier molecular flexibility index (Phi) is 5.77. The van der Waals surface area contributed by atoms with E-state index in [2.05, 4.69) is 9.97 Å². The van der Waals surface area contributed by atoms with Crippen molar-refractivity contribution < 1.29 is 24.1 Å². The van der Waals surface area contributed by atoms with Crippen LogP contribution in [0.3, 0.4) is 0 Å². The molecule has 0 bridgehead atoms. The summed E-state index contributed by atoms with van der Waals surface area (Å²) in [6, 6.07) is 15.5. The monoisotopic (exact) mass is 384 g/mol. The van der Waals surface area contributed by atoms with Gasteiger partial charge in [0.25, 0.3) is 0 Å². The molecule has 0 spiro atoms. The van der Waals surface area contributed by atoms with E-state index in [0.717, 1.165) is 11.8 Å². The summed E-state index contributed by atoms with van der Waals surface area (Å²) in [6.45, 7) is 0. The predicted octanol–water partition coefficient (Wildman–Crippen LogP) is 4.14. The van der Waals surface area contributed by atoms with E-state index in [9.17, 15) is 9.90 Å². The molecule has 1 N–H and O–H groups in total. The first-order valence-electron chi connectivity index (χ1n) is 7.85. The number of para-hydroxylation sites is 1. The molecular weight excluding hydrogens is 368 g/mol. The minimum absolute atomic E-state index is 0.0248. The van der Waals surface area contributed by atoms with Crippen molar-refractivity contribution in [2.45, 2.75) is 10.1 Å². The summed E-state index contributed by atoms with van der Waals surface area (Å²) < 4.78 is 16.0. The summed E-state index contributed by atoms with van der Waals surface area (Å²) in [5.41, 5.74) is 0.0248. The number of hydrogen-bond donors (Lipinski definition) is 1. The fourth-order valence-corrected chi connectivity index (χ4v) is 3.15. The van der Waals surface area contributed by atoms with Gasteiger partial charge in [0, 0.05) is 4.90 Å². The predicted molar refractivity (Wildman–Crippen MR) is 99.2 cm³/mol. The van der Waals surface area contributed by atoms with Gasteiger partial charge in [0.2, 0.25) is 11.8 Å². The van der Waals surface area contributed by atoms with Crippen molar-refractivity contribution in [1.29, 1.82) is 0 Å². The van der Waals surface area contributed by atoms with E-state index >= 15 is 0 Å². The number of methoxy groups -OCH3 is 2. The molecule has 0 saturated carbocycles. The molecule has 7 nitrogen and oxygen atoms in total. The van der Waals surface area contributed by atoms with Gasteiger partial charge in [0.05, 0.1) is 20.3 Å². The number of ether oxygens (including phenoxy) is 3. The number of hydrogen-bond acceptors (Lipinski definition) is 7. The second kappa shape index (κ2) is 8.41. The Balaban J connectivity index is 1.98. The molecule has 1 heterocycles. The van der Waals surface area contributed by atoms with Crippen LogP contribution < -0.4 is 14.2 Å². The number of carboxylic acids is 1. The average Bonchev–Trinajstić information content (AvgIpc) is 2.68. The van der Waals surface area contributed by atoms with Gasteiger partial charge in [-0.15, -0.1) is 0 Å². The third kappa shape index (κ3) is 4.48. The zero-order chi connectivity index (χ0) is 19.2. The Hall–Kier alpha value is -3.26. The third-order valence-corrected chi connectivity index (χ3v) is 4.38. The highest BCUT2D eigenvalue weighted by Gasteiger charge is 2.20. The molecule has 3 rings (SSSR count). The highest BCUT2D eigenvalue weighted by atomic mass is 32.2. The van der Waals surface area contributed by atoms with Crippen molar-refractivity contribution in [3.05, 3.63) is 60.2 Å². The van der Waals surface area contributed by atoms with Crippen LogP contribution in [0.15, 0.2) is 64.6 Å². The summed E-state index contributed by atoms with van der Waals surface area (Å²) in [6.07, 6.45) is 0. The quantitative estimate of drug-likeness (QED) is 0.608. The average molecular weight is 384 g/mol. The normalized spacial score (nSPS) is 10.3. The van der Waals surface area contributed by atoms with E-state index in [1.807, 2.05) is 18.2 Å². The maximum absolute atomic E-state index is 11.9. The zero-order valence-electron chi connectivity index (χ0n) is 14.6. The molecule has 0 fully saturated rings. The molecule has 3 aromatic rings. The van der Waals surface area contributed by atoms with E-state index in [0.29, 0.717) is 27.6 Å². The van der Waals surface area contributed by atoms with Gasteiger partial charge in [0.15, 0.2) is 5.16 Å². The molecule has 138 valence electrons. The second-order valence-corrected chi connectivity index (χ2v) is 6.20. The molecule has 0 saturated heterocycles. The van der Waals surface area contributed by atoms with Crippen LogP contribution in [-0.4, -0.2) is 35.3 Å². The first-order valence-corrected chi connectivity index (χ1v) is 8.66. The number of carbonyl (C=O) groups is 1. The lowest BCUT2D eigenvalue weighted by Crippen LogP contribution is -2.03. The lowest BCUT2D eigenvalue weighted by molar-refractivity contribution is 0.0690. The van der Waals surface area contributed by atoms with Crippen LogP contribution in [0.25, 0.3) is 0 Å². The Morgan fingerprint density at radius 2 is 1.63 bits per heavy atom. The van der Waals surface area contributed by atoms with Crippen molar-refractivity contribution in [2.75, 3.05) is 14.2 Å². The minimum atomic E-state index is -1.11. The van der Waals surface area contributed by atoms with Gasteiger partial charge in [-0.05, 0) is 36.0 Å². The summed E-state index contributed by atoms with van der Waals surface area (Å²) in [4.78, 5) is 20.8. The molecule has 0 unspecified atom stereocenters. The largest absolute Gasteiger partial charge is 0.481 e. The molecule has 0 aliphatic heterocycles. The van der Waals surface area contributed by atoms with Crippen LogP contribution in [0.2, 0.25) is 0 Å². The Morgan fingerprint density at radius 1 is 0.963 bits per heavy atom.